The molecule has 0 aliphatic rings. The van der Waals surface area contributed by atoms with Gasteiger partial charge in [-0.25, -0.2) is 13.2 Å². The minimum Gasteiger partial charge on any atom is -0.497 e. The monoisotopic (exact) mass is 448 g/mol. The second kappa shape index (κ2) is 8.68. The Bertz CT molecular complexity index is 1380. The van der Waals surface area contributed by atoms with Crippen molar-refractivity contribution in [1.29, 1.82) is 0 Å². The molecule has 8 heteroatoms. The van der Waals surface area contributed by atoms with Gasteiger partial charge in [0.05, 0.1) is 23.3 Å². The summed E-state index contributed by atoms with van der Waals surface area (Å²) in [7, 11) is -0.918. The summed E-state index contributed by atoms with van der Waals surface area (Å²) in [5.74, 6) is 0.247. The maximum atomic E-state index is 13.1. The Morgan fingerprint density at radius 2 is 1.66 bits per heavy atom. The molecule has 4 rings (SSSR count). The first-order chi connectivity index (χ1) is 15.4. The molecule has 1 heterocycles. The summed E-state index contributed by atoms with van der Waals surface area (Å²) in [6, 6.07) is 21.3. The zero-order valence-corrected chi connectivity index (χ0v) is 18.2. The van der Waals surface area contributed by atoms with Gasteiger partial charge < -0.3 is 9.47 Å². The highest BCUT2D eigenvalue weighted by atomic mass is 32.2. The highest BCUT2D eigenvalue weighted by Crippen LogP contribution is 2.26. The van der Waals surface area contributed by atoms with Gasteiger partial charge in [-0.3, -0.25) is 9.29 Å². The molecule has 0 saturated carbocycles. The normalized spacial score (nSPS) is 11.2. The van der Waals surface area contributed by atoms with E-state index in [4.69, 9.17) is 9.47 Å². The number of carbonyl (C=O) groups is 1. The minimum absolute atomic E-state index is 0.0266. The number of para-hydroxylation sites is 1. The van der Waals surface area contributed by atoms with Gasteiger partial charge in [-0.1, -0.05) is 24.3 Å². The zero-order chi connectivity index (χ0) is 22.7. The molecule has 0 aliphatic heterocycles. The van der Waals surface area contributed by atoms with Crippen molar-refractivity contribution in [2.75, 3.05) is 18.5 Å². The van der Waals surface area contributed by atoms with Crippen LogP contribution >= 0.6 is 0 Å². The van der Waals surface area contributed by atoms with Gasteiger partial charge in [-0.2, -0.15) is 0 Å². The van der Waals surface area contributed by atoms with Gasteiger partial charge >= 0.3 is 5.97 Å². The number of sulfonamides is 1. The molecule has 7 nitrogen and oxygen atoms in total. The van der Waals surface area contributed by atoms with Crippen LogP contribution in [0.25, 0.3) is 10.9 Å². The van der Waals surface area contributed by atoms with E-state index in [1.807, 2.05) is 12.1 Å². The molecule has 0 unspecified atom stereocenters. The molecule has 1 aromatic heterocycles. The lowest BCUT2D eigenvalue weighted by Gasteiger charge is -2.20. The standard InChI is InChI=1S/C24H20N2O5S/c1-26(19-11-13-20(30-2)14-12-19)32(28,29)21-9-3-7-18(16-21)24(27)31-22-10-4-6-17-8-5-15-25-23(17)22/h3-16H,1-2H3. The molecule has 0 fully saturated rings. The molecular formula is C24H20N2O5S. The number of rotatable bonds is 6. The van der Waals surface area contributed by atoms with Crippen LogP contribution in [0.3, 0.4) is 0 Å². The zero-order valence-electron chi connectivity index (χ0n) is 17.4. The quantitative estimate of drug-likeness (QED) is 0.323. The average Bonchev–Trinajstić information content (AvgIpc) is 2.84. The van der Waals surface area contributed by atoms with E-state index < -0.39 is 16.0 Å². The van der Waals surface area contributed by atoms with Crippen molar-refractivity contribution < 1.29 is 22.7 Å². The van der Waals surface area contributed by atoms with Crippen LogP contribution in [-0.2, 0) is 10.0 Å². The second-order valence-corrected chi connectivity index (χ2v) is 8.89. The Kier molecular flexibility index (Phi) is 5.79. The third-order valence-corrected chi connectivity index (χ3v) is 6.74. The number of aromatic nitrogens is 1. The number of anilines is 1. The van der Waals surface area contributed by atoms with Crippen LogP contribution in [-0.4, -0.2) is 33.5 Å². The number of ether oxygens (including phenoxy) is 2. The van der Waals surface area contributed by atoms with Crippen LogP contribution in [0.5, 0.6) is 11.5 Å². The van der Waals surface area contributed by atoms with Gasteiger partial charge in [0.2, 0.25) is 0 Å². The lowest BCUT2D eigenvalue weighted by atomic mass is 10.2. The Labute approximate surface area is 185 Å². The Hall–Kier alpha value is -3.91. The molecule has 0 atom stereocenters. The summed E-state index contributed by atoms with van der Waals surface area (Å²) in [4.78, 5) is 17.0. The first-order valence-corrected chi connectivity index (χ1v) is 11.1. The lowest BCUT2D eigenvalue weighted by molar-refractivity contribution is 0.0736. The van der Waals surface area contributed by atoms with Crippen LogP contribution in [0.2, 0.25) is 0 Å². The molecule has 32 heavy (non-hydrogen) atoms. The third-order valence-electron chi connectivity index (χ3n) is 4.96. The van der Waals surface area contributed by atoms with E-state index in [-0.39, 0.29) is 10.5 Å². The number of pyridine rings is 1. The van der Waals surface area contributed by atoms with E-state index in [1.165, 1.54) is 38.4 Å². The first kappa shape index (κ1) is 21.3. The summed E-state index contributed by atoms with van der Waals surface area (Å²) >= 11 is 0. The first-order valence-electron chi connectivity index (χ1n) is 9.69. The Balaban J connectivity index is 1.61. The molecule has 162 valence electrons. The van der Waals surface area contributed by atoms with E-state index >= 15 is 0 Å². The van der Waals surface area contributed by atoms with Crippen LogP contribution < -0.4 is 13.8 Å². The van der Waals surface area contributed by atoms with E-state index in [2.05, 4.69) is 4.98 Å². The highest BCUT2D eigenvalue weighted by molar-refractivity contribution is 7.92. The predicted molar refractivity (Wildman–Crippen MR) is 122 cm³/mol. The smallest absolute Gasteiger partial charge is 0.343 e. The summed E-state index contributed by atoms with van der Waals surface area (Å²) in [6.45, 7) is 0. The fourth-order valence-electron chi connectivity index (χ4n) is 3.19. The number of carbonyl (C=O) groups excluding carboxylic acids is 1. The maximum Gasteiger partial charge on any atom is 0.343 e. The number of methoxy groups -OCH3 is 1. The topological polar surface area (TPSA) is 85.8 Å². The molecule has 3 aromatic carbocycles. The van der Waals surface area contributed by atoms with E-state index in [0.29, 0.717) is 22.7 Å². The van der Waals surface area contributed by atoms with Crippen molar-refractivity contribution in [2.24, 2.45) is 0 Å². The predicted octanol–water partition coefficient (Wildman–Crippen LogP) is 4.29. The lowest BCUT2D eigenvalue weighted by Crippen LogP contribution is -2.26. The Morgan fingerprint density at radius 3 is 2.41 bits per heavy atom. The average molecular weight is 449 g/mol. The van der Waals surface area contributed by atoms with Gasteiger partial charge in [0, 0.05) is 18.6 Å². The maximum absolute atomic E-state index is 13.1. The third kappa shape index (κ3) is 4.13. The minimum atomic E-state index is -3.90. The fraction of sp³-hybridized carbons (Fsp3) is 0.0833. The van der Waals surface area contributed by atoms with Crippen molar-refractivity contribution in [2.45, 2.75) is 4.90 Å². The number of fused-ring (bicyclic) bond motifs is 1. The van der Waals surface area contributed by atoms with Crippen molar-refractivity contribution in [3.8, 4) is 11.5 Å². The van der Waals surface area contributed by atoms with Gasteiger partial charge in [0.15, 0.2) is 5.75 Å². The van der Waals surface area contributed by atoms with Gasteiger partial charge in [0.25, 0.3) is 10.0 Å². The van der Waals surface area contributed by atoms with Crippen molar-refractivity contribution in [3.63, 3.8) is 0 Å². The Morgan fingerprint density at radius 1 is 0.938 bits per heavy atom. The number of hydrogen-bond donors (Lipinski definition) is 0. The fourth-order valence-corrected chi connectivity index (χ4v) is 4.43. The second-order valence-electron chi connectivity index (χ2n) is 6.92. The number of esters is 1. The molecule has 0 saturated heterocycles. The van der Waals surface area contributed by atoms with Crippen LogP contribution in [0.15, 0.2) is 90.0 Å². The van der Waals surface area contributed by atoms with Crippen LogP contribution in [0.4, 0.5) is 5.69 Å². The van der Waals surface area contributed by atoms with Crippen molar-refractivity contribution in [1.82, 2.24) is 4.98 Å². The molecule has 0 N–H and O–H groups in total. The molecule has 0 bridgehead atoms. The molecule has 0 aliphatic carbocycles. The molecular weight excluding hydrogens is 428 g/mol. The van der Waals surface area contributed by atoms with Crippen molar-refractivity contribution in [3.05, 3.63) is 90.6 Å². The molecule has 0 spiro atoms. The SMILES string of the molecule is COc1ccc(N(C)S(=O)(=O)c2cccc(C(=O)Oc3cccc4cccnc34)c2)cc1. The number of nitrogens with zero attached hydrogens (tertiary/aromatic N) is 2. The highest BCUT2D eigenvalue weighted by Gasteiger charge is 2.23. The van der Waals surface area contributed by atoms with Crippen molar-refractivity contribution >= 4 is 32.6 Å². The van der Waals surface area contributed by atoms with E-state index in [0.717, 1.165) is 9.69 Å². The largest absolute Gasteiger partial charge is 0.497 e. The molecule has 4 aromatic rings. The van der Waals surface area contributed by atoms with Gasteiger partial charge in [-0.05, 0) is 54.6 Å². The van der Waals surface area contributed by atoms with Crippen LogP contribution in [0.1, 0.15) is 10.4 Å². The number of benzene rings is 3. The van der Waals surface area contributed by atoms with Gasteiger partial charge in [0.1, 0.15) is 11.3 Å². The van der Waals surface area contributed by atoms with Crippen LogP contribution in [0, 0.1) is 0 Å². The van der Waals surface area contributed by atoms with E-state index in [1.54, 1.807) is 48.7 Å². The van der Waals surface area contributed by atoms with E-state index in [9.17, 15) is 13.2 Å². The summed E-state index contributed by atoms with van der Waals surface area (Å²) in [5.41, 5.74) is 1.12. The number of hydrogen-bond acceptors (Lipinski definition) is 6. The van der Waals surface area contributed by atoms with Gasteiger partial charge in [-0.15, -0.1) is 0 Å². The summed E-state index contributed by atoms with van der Waals surface area (Å²) in [6.07, 6.45) is 1.61. The molecule has 0 radical (unpaired) electrons. The summed E-state index contributed by atoms with van der Waals surface area (Å²) in [5, 5.41) is 0.829. The molecule has 0 amide bonds. The summed E-state index contributed by atoms with van der Waals surface area (Å²) < 4.78 is 38.0.